The van der Waals surface area contributed by atoms with Crippen molar-refractivity contribution in [2.24, 2.45) is 17.8 Å². The summed E-state index contributed by atoms with van der Waals surface area (Å²) < 4.78 is 0. The molecule has 6 aliphatic rings. The molecule has 0 aromatic rings. The van der Waals surface area contributed by atoms with Crippen LogP contribution in [0.15, 0.2) is 0 Å². The van der Waals surface area contributed by atoms with Crippen molar-refractivity contribution in [3.63, 3.8) is 0 Å². The molecule has 6 rings (SSSR count). The van der Waals surface area contributed by atoms with Gasteiger partial charge in [0.25, 0.3) is 0 Å². The summed E-state index contributed by atoms with van der Waals surface area (Å²) >= 11 is 0. The number of nitrogens with zero attached hydrogens (tertiary/aromatic N) is 3. The van der Waals surface area contributed by atoms with E-state index in [1.54, 1.807) is 0 Å². The molecule has 0 amide bonds. The van der Waals surface area contributed by atoms with E-state index >= 15 is 0 Å². The fourth-order valence-corrected chi connectivity index (χ4v) is 7.02. The second-order valence-electron chi connectivity index (χ2n) is 12.1. The van der Waals surface area contributed by atoms with Gasteiger partial charge in [-0.15, -0.1) is 0 Å². The minimum absolute atomic E-state index is 0.417. The van der Waals surface area contributed by atoms with Crippen LogP contribution in [0, 0.1) is 17.8 Å². The fraction of sp³-hybridized carbons (Fsp3) is 1.00. The molecule has 1 N–H and O–H groups in total. The average Bonchev–Trinajstić information content (AvgIpc) is 3.23. The third-order valence-electron chi connectivity index (χ3n) is 9.12. The molecule has 4 bridgehead atoms. The number of aliphatic hydroxyl groups excluding tert-OH is 1. The maximum Gasteiger partial charge on any atom is 0.0459 e. The molecule has 0 spiro atoms. The zero-order valence-corrected chi connectivity index (χ0v) is 22.9. The summed E-state index contributed by atoms with van der Waals surface area (Å²) in [6.45, 7) is 15.1. The highest BCUT2D eigenvalue weighted by Gasteiger charge is 2.25. The van der Waals surface area contributed by atoms with E-state index in [0.29, 0.717) is 12.5 Å². The van der Waals surface area contributed by atoms with E-state index in [9.17, 15) is 0 Å². The molecule has 1 aliphatic carbocycles. The fourth-order valence-electron chi connectivity index (χ4n) is 7.02. The molecule has 2 atom stereocenters. The molecule has 5 heterocycles. The number of likely N-dealkylation sites (tertiary alicyclic amines) is 1. The second-order valence-corrected chi connectivity index (χ2v) is 12.1. The Morgan fingerprint density at radius 2 is 1.09 bits per heavy atom. The first-order chi connectivity index (χ1) is 16.8. The van der Waals surface area contributed by atoms with Crippen molar-refractivity contribution >= 4 is 0 Å². The summed E-state index contributed by atoms with van der Waals surface area (Å²) in [7, 11) is 0. The summed E-state index contributed by atoms with van der Waals surface area (Å²) in [6.07, 6.45) is 22.6. The molecule has 2 unspecified atom stereocenters. The van der Waals surface area contributed by atoms with Crippen molar-refractivity contribution in [2.75, 3.05) is 65.5 Å². The molecule has 5 aliphatic heterocycles. The van der Waals surface area contributed by atoms with Crippen LogP contribution in [0.1, 0.15) is 110 Å². The molecule has 34 heavy (non-hydrogen) atoms. The Morgan fingerprint density at radius 1 is 0.559 bits per heavy atom. The van der Waals surface area contributed by atoms with Gasteiger partial charge in [-0.25, -0.2) is 0 Å². The van der Waals surface area contributed by atoms with Gasteiger partial charge in [-0.1, -0.05) is 32.6 Å². The van der Waals surface area contributed by atoms with Crippen molar-refractivity contribution in [1.29, 1.82) is 0 Å². The van der Waals surface area contributed by atoms with Gasteiger partial charge < -0.3 is 19.8 Å². The minimum atomic E-state index is 0.417. The molecule has 200 valence electrons. The lowest BCUT2D eigenvalue weighted by atomic mass is 9.90. The number of piperidine rings is 4. The van der Waals surface area contributed by atoms with Gasteiger partial charge in [0, 0.05) is 19.7 Å². The highest BCUT2D eigenvalue weighted by molar-refractivity contribution is 4.80. The van der Waals surface area contributed by atoms with Gasteiger partial charge in [-0.05, 0) is 141 Å². The van der Waals surface area contributed by atoms with Gasteiger partial charge in [0.15, 0.2) is 0 Å². The number of hydrogen-bond acceptors (Lipinski definition) is 4. The van der Waals surface area contributed by atoms with Crippen molar-refractivity contribution in [3.05, 3.63) is 0 Å². The Labute approximate surface area is 212 Å². The van der Waals surface area contributed by atoms with Crippen LogP contribution in [0.4, 0.5) is 0 Å². The highest BCUT2D eigenvalue weighted by Crippen LogP contribution is 2.26. The molecular formula is C30H59N3O. The molecule has 0 radical (unpaired) electrons. The van der Waals surface area contributed by atoms with Crippen molar-refractivity contribution < 1.29 is 5.11 Å². The molecule has 4 heteroatoms. The monoisotopic (exact) mass is 477 g/mol. The Bertz CT molecular complexity index is 445. The number of aliphatic hydroxyl groups is 1. The standard InChI is InChI=1S/C8H15N.C8H17N.C7H13N.C7H14O/c1-3-8-4-2-6-9(5-1)7-8;1-2-6-9-7-4-3-5-8-9;1-2-7-3-5-8(4-1)6-7;8-6-7-4-2-1-3-5-7/h8H,1-7H2;2-8H2,1H3;7H,1-6H2;7-8H,1-6H2. The number of rotatable bonds is 3. The first kappa shape index (κ1) is 28.4. The van der Waals surface area contributed by atoms with Gasteiger partial charge in [0.05, 0.1) is 0 Å². The lowest BCUT2D eigenvalue weighted by molar-refractivity contribution is 0.124. The van der Waals surface area contributed by atoms with E-state index < -0.39 is 0 Å². The van der Waals surface area contributed by atoms with Crippen molar-refractivity contribution in [1.82, 2.24) is 14.7 Å². The van der Waals surface area contributed by atoms with Gasteiger partial charge in [0.1, 0.15) is 0 Å². The largest absolute Gasteiger partial charge is 0.396 e. The summed E-state index contributed by atoms with van der Waals surface area (Å²) in [5, 5.41) is 8.69. The molecular weight excluding hydrogens is 418 g/mol. The number of fused-ring (bicyclic) bond motifs is 4. The average molecular weight is 478 g/mol. The van der Waals surface area contributed by atoms with Gasteiger partial charge in [-0.3, -0.25) is 0 Å². The Balaban J connectivity index is 0.000000127. The Hall–Kier alpha value is -0.160. The van der Waals surface area contributed by atoms with Crippen LogP contribution in [0.3, 0.4) is 0 Å². The van der Waals surface area contributed by atoms with E-state index in [-0.39, 0.29) is 0 Å². The van der Waals surface area contributed by atoms with Gasteiger partial charge in [-0.2, -0.15) is 0 Å². The van der Waals surface area contributed by atoms with Crippen LogP contribution in [-0.2, 0) is 0 Å². The maximum absolute atomic E-state index is 8.69. The smallest absolute Gasteiger partial charge is 0.0459 e. The Morgan fingerprint density at radius 3 is 1.53 bits per heavy atom. The predicted molar refractivity (Wildman–Crippen MR) is 146 cm³/mol. The van der Waals surface area contributed by atoms with E-state index in [0.717, 1.165) is 11.8 Å². The number of hydrogen-bond donors (Lipinski definition) is 1. The van der Waals surface area contributed by atoms with Crippen LogP contribution in [0.2, 0.25) is 0 Å². The van der Waals surface area contributed by atoms with Crippen molar-refractivity contribution in [3.8, 4) is 0 Å². The third-order valence-corrected chi connectivity index (χ3v) is 9.12. The Kier molecular flexibility index (Phi) is 14.5. The quantitative estimate of drug-likeness (QED) is 0.537. The molecule has 1 saturated carbocycles. The molecule has 4 nitrogen and oxygen atoms in total. The van der Waals surface area contributed by atoms with Gasteiger partial charge >= 0.3 is 0 Å². The van der Waals surface area contributed by atoms with Gasteiger partial charge in [0.2, 0.25) is 0 Å². The van der Waals surface area contributed by atoms with Crippen LogP contribution in [-0.4, -0.2) is 85.3 Å². The van der Waals surface area contributed by atoms with Crippen LogP contribution < -0.4 is 0 Å². The third kappa shape index (κ3) is 11.3. The lowest BCUT2D eigenvalue weighted by Gasteiger charge is -2.37. The summed E-state index contributed by atoms with van der Waals surface area (Å²) in [6, 6.07) is 0. The van der Waals surface area contributed by atoms with Crippen LogP contribution in [0.5, 0.6) is 0 Å². The van der Waals surface area contributed by atoms with Crippen LogP contribution >= 0.6 is 0 Å². The highest BCUT2D eigenvalue weighted by atomic mass is 16.3. The van der Waals surface area contributed by atoms with E-state index in [1.165, 1.54) is 162 Å². The maximum atomic E-state index is 8.69. The summed E-state index contributed by atoms with van der Waals surface area (Å²) in [4.78, 5) is 7.79. The van der Waals surface area contributed by atoms with E-state index in [4.69, 9.17) is 5.11 Å². The van der Waals surface area contributed by atoms with E-state index in [2.05, 4.69) is 21.6 Å². The van der Waals surface area contributed by atoms with Crippen molar-refractivity contribution in [2.45, 2.75) is 110 Å². The second kappa shape index (κ2) is 17.3. The van der Waals surface area contributed by atoms with Crippen LogP contribution in [0.25, 0.3) is 0 Å². The predicted octanol–water partition coefficient (Wildman–Crippen LogP) is 6.04. The normalized spacial score (nSPS) is 33.4. The zero-order valence-electron chi connectivity index (χ0n) is 22.9. The molecule has 5 saturated heterocycles. The topological polar surface area (TPSA) is 30.0 Å². The molecule has 6 fully saturated rings. The lowest BCUT2D eigenvalue weighted by Crippen LogP contribution is -2.39. The van der Waals surface area contributed by atoms with E-state index in [1.807, 2.05) is 0 Å². The summed E-state index contributed by atoms with van der Waals surface area (Å²) in [5.41, 5.74) is 0. The molecule has 0 aromatic heterocycles. The SMILES string of the molecule is C1CC2CCCN(C1)C2.C1CC2CCN(C1)C2.CCCN1CCCCC1.OCC1CCCCC1. The minimum Gasteiger partial charge on any atom is -0.396 e. The first-order valence-corrected chi connectivity index (χ1v) is 15.5. The summed E-state index contributed by atoms with van der Waals surface area (Å²) in [5.74, 6) is 2.81. The zero-order chi connectivity index (χ0) is 23.8. The first-order valence-electron chi connectivity index (χ1n) is 15.5. The molecule has 0 aromatic carbocycles.